The van der Waals surface area contributed by atoms with Gasteiger partial charge in [-0.1, -0.05) is 0 Å². The summed E-state index contributed by atoms with van der Waals surface area (Å²) in [6, 6.07) is 2.18. The molecule has 0 atom stereocenters. The van der Waals surface area contributed by atoms with Crippen LogP contribution in [0.2, 0.25) is 0 Å². The van der Waals surface area contributed by atoms with Crippen LogP contribution in [0.4, 0.5) is 0 Å². The maximum atomic E-state index is 12.8. The average Bonchev–Trinajstić information content (AvgIpc) is 2.97. The lowest BCUT2D eigenvalue weighted by Crippen LogP contribution is -2.38. The van der Waals surface area contributed by atoms with Crippen LogP contribution in [-0.4, -0.2) is 36.5 Å². The molecule has 0 spiro atoms. The number of thiazole rings is 1. The molecule has 4 heterocycles. The molecule has 0 bridgehead atoms. The van der Waals surface area contributed by atoms with Crippen LogP contribution in [0.1, 0.15) is 40.6 Å². The van der Waals surface area contributed by atoms with Gasteiger partial charge in [0, 0.05) is 17.8 Å². The molecule has 1 aliphatic heterocycles. The van der Waals surface area contributed by atoms with Crippen molar-refractivity contribution in [1.29, 1.82) is 0 Å². The number of fused-ring (bicyclic) bond motifs is 2. The Labute approximate surface area is 131 Å². The molecule has 3 aromatic rings. The number of nitrogens with zero attached hydrogens (tertiary/aromatic N) is 5. The Hall–Kier alpha value is -2.15. The van der Waals surface area contributed by atoms with E-state index in [0.717, 1.165) is 17.1 Å². The number of carbonyl (C=O) groups excluding carboxylic acids is 1. The van der Waals surface area contributed by atoms with E-state index in [-0.39, 0.29) is 5.91 Å². The Morgan fingerprint density at radius 2 is 2.23 bits per heavy atom. The Kier molecular flexibility index (Phi) is 2.49. The Morgan fingerprint density at radius 3 is 3.09 bits per heavy atom. The number of aromatic nitrogens is 4. The van der Waals surface area contributed by atoms with E-state index in [1.165, 1.54) is 18.5 Å². The summed E-state index contributed by atoms with van der Waals surface area (Å²) in [5.41, 5.74) is 3.06. The van der Waals surface area contributed by atoms with Gasteiger partial charge in [0.25, 0.3) is 5.91 Å². The number of imidazole rings is 1. The van der Waals surface area contributed by atoms with Gasteiger partial charge in [0.2, 0.25) is 0 Å². The number of hydrogen-bond acceptors (Lipinski definition) is 4. The van der Waals surface area contributed by atoms with Gasteiger partial charge < -0.3 is 4.90 Å². The minimum absolute atomic E-state index is 0.0738. The largest absolute Gasteiger partial charge is 0.330 e. The number of rotatable bonds is 2. The van der Waals surface area contributed by atoms with Gasteiger partial charge in [0.1, 0.15) is 16.9 Å². The smallest absolute Gasteiger partial charge is 0.272 e. The highest BCUT2D eigenvalue weighted by atomic mass is 32.1. The van der Waals surface area contributed by atoms with Crippen molar-refractivity contribution >= 4 is 22.1 Å². The second-order valence-electron chi connectivity index (χ2n) is 6.01. The monoisotopic (exact) mass is 313 g/mol. The van der Waals surface area contributed by atoms with Crippen molar-refractivity contribution in [3.63, 3.8) is 0 Å². The molecule has 1 saturated carbocycles. The topological polar surface area (TPSA) is 55.4 Å². The zero-order valence-corrected chi connectivity index (χ0v) is 12.8. The molecule has 6 nitrogen and oxygen atoms in total. The molecule has 0 unspecified atom stereocenters. The molecule has 7 heteroatoms. The van der Waals surface area contributed by atoms with Gasteiger partial charge in [-0.3, -0.25) is 13.9 Å². The molecular formula is C15H15N5OS. The van der Waals surface area contributed by atoms with Crippen molar-refractivity contribution < 1.29 is 4.79 Å². The second-order valence-corrected chi connectivity index (χ2v) is 6.90. The summed E-state index contributed by atoms with van der Waals surface area (Å²) in [6.45, 7) is 2.14. The van der Waals surface area contributed by atoms with E-state index in [9.17, 15) is 4.79 Å². The van der Waals surface area contributed by atoms with Crippen LogP contribution in [0.25, 0.3) is 4.83 Å². The van der Waals surface area contributed by atoms with Crippen molar-refractivity contribution in [1.82, 2.24) is 24.1 Å². The summed E-state index contributed by atoms with van der Waals surface area (Å²) in [5, 5.41) is 6.59. The van der Waals surface area contributed by atoms with E-state index in [2.05, 4.69) is 20.8 Å². The molecule has 5 rings (SSSR count). The van der Waals surface area contributed by atoms with Crippen molar-refractivity contribution in [3.05, 3.63) is 41.1 Å². The third-order valence-corrected chi connectivity index (χ3v) is 5.36. The fraction of sp³-hybridized carbons (Fsp3) is 0.400. The Balaban J connectivity index is 1.44. The number of hydrogen-bond donors (Lipinski definition) is 0. The molecule has 1 amide bonds. The molecule has 22 heavy (non-hydrogen) atoms. The highest BCUT2D eigenvalue weighted by molar-refractivity contribution is 7.15. The van der Waals surface area contributed by atoms with E-state index >= 15 is 0 Å². The van der Waals surface area contributed by atoms with E-state index in [1.807, 2.05) is 14.7 Å². The SMILES string of the molecule is O=C(c1csc2cncn12)N1CCn2nc(C3CC3)cc2C1. The maximum Gasteiger partial charge on any atom is 0.272 e. The van der Waals surface area contributed by atoms with Crippen LogP contribution in [-0.2, 0) is 13.1 Å². The second kappa shape index (κ2) is 4.42. The molecule has 1 fully saturated rings. The van der Waals surface area contributed by atoms with E-state index in [1.54, 1.807) is 23.9 Å². The highest BCUT2D eigenvalue weighted by Crippen LogP contribution is 2.39. The summed E-state index contributed by atoms with van der Waals surface area (Å²) in [4.78, 5) is 19.8. The zero-order chi connectivity index (χ0) is 14.7. The molecule has 0 saturated heterocycles. The van der Waals surface area contributed by atoms with E-state index in [4.69, 9.17) is 0 Å². The third-order valence-electron chi connectivity index (χ3n) is 4.47. The van der Waals surface area contributed by atoms with Gasteiger partial charge in [-0.2, -0.15) is 5.10 Å². The Morgan fingerprint density at radius 1 is 1.32 bits per heavy atom. The standard InChI is InChI=1S/C15H15N5OS/c21-15(13-8-22-14-6-16-9-19(13)14)18-3-4-20-11(7-18)5-12(17-20)10-1-2-10/h5-6,8-10H,1-4,7H2. The normalized spacial score (nSPS) is 17.9. The zero-order valence-electron chi connectivity index (χ0n) is 12.0. The molecular weight excluding hydrogens is 298 g/mol. The number of carbonyl (C=O) groups is 1. The summed E-state index contributed by atoms with van der Waals surface area (Å²) >= 11 is 1.55. The molecule has 0 N–H and O–H groups in total. The van der Waals surface area contributed by atoms with Crippen molar-refractivity contribution in [2.45, 2.75) is 31.8 Å². The van der Waals surface area contributed by atoms with Gasteiger partial charge in [-0.05, 0) is 18.9 Å². The fourth-order valence-corrected chi connectivity index (χ4v) is 3.91. The van der Waals surface area contributed by atoms with Gasteiger partial charge in [0.15, 0.2) is 0 Å². The third kappa shape index (κ3) is 1.81. The van der Waals surface area contributed by atoms with E-state index in [0.29, 0.717) is 24.7 Å². The minimum atomic E-state index is 0.0738. The number of amides is 1. The van der Waals surface area contributed by atoms with Crippen molar-refractivity contribution in [3.8, 4) is 0 Å². The van der Waals surface area contributed by atoms with Gasteiger partial charge in [-0.25, -0.2) is 4.98 Å². The van der Waals surface area contributed by atoms with Crippen LogP contribution >= 0.6 is 11.3 Å². The average molecular weight is 313 g/mol. The molecule has 3 aromatic heterocycles. The highest BCUT2D eigenvalue weighted by Gasteiger charge is 2.30. The van der Waals surface area contributed by atoms with Crippen LogP contribution in [0.15, 0.2) is 24.0 Å². The molecule has 1 aliphatic carbocycles. The Bertz CT molecular complexity index is 872. The lowest BCUT2D eigenvalue weighted by Gasteiger charge is -2.27. The van der Waals surface area contributed by atoms with E-state index < -0.39 is 0 Å². The summed E-state index contributed by atoms with van der Waals surface area (Å²) < 4.78 is 3.94. The van der Waals surface area contributed by atoms with Gasteiger partial charge in [0.05, 0.1) is 30.7 Å². The first-order valence-corrected chi connectivity index (χ1v) is 8.43. The molecule has 112 valence electrons. The summed E-state index contributed by atoms with van der Waals surface area (Å²) in [5.74, 6) is 0.731. The minimum Gasteiger partial charge on any atom is -0.330 e. The lowest BCUT2D eigenvalue weighted by atomic mass is 10.2. The van der Waals surface area contributed by atoms with Crippen LogP contribution in [0.5, 0.6) is 0 Å². The fourth-order valence-electron chi connectivity index (χ4n) is 3.08. The first kappa shape index (κ1) is 12.4. The van der Waals surface area contributed by atoms with Gasteiger partial charge >= 0.3 is 0 Å². The van der Waals surface area contributed by atoms with Crippen molar-refractivity contribution in [2.24, 2.45) is 0 Å². The molecule has 0 radical (unpaired) electrons. The summed E-state index contributed by atoms with van der Waals surface area (Å²) in [7, 11) is 0. The molecule has 2 aliphatic rings. The van der Waals surface area contributed by atoms with Crippen LogP contribution < -0.4 is 0 Å². The lowest BCUT2D eigenvalue weighted by molar-refractivity contribution is 0.0699. The summed E-state index contributed by atoms with van der Waals surface area (Å²) in [6.07, 6.45) is 6.01. The van der Waals surface area contributed by atoms with Crippen molar-refractivity contribution in [2.75, 3.05) is 6.54 Å². The quantitative estimate of drug-likeness (QED) is 0.728. The van der Waals surface area contributed by atoms with Crippen LogP contribution in [0.3, 0.4) is 0 Å². The van der Waals surface area contributed by atoms with Crippen LogP contribution in [0, 0.1) is 0 Å². The van der Waals surface area contributed by atoms with Gasteiger partial charge in [-0.15, -0.1) is 11.3 Å². The predicted octanol–water partition coefficient (Wildman–Crippen LogP) is 2.13. The maximum absolute atomic E-state index is 12.8. The first-order chi connectivity index (χ1) is 10.8. The predicted molar refractivity (Wildman–Crippen MR) is 82.0 cm³/mol. The molecule has 0 aromatic carbocycles. The first-order valence-electron chi connectivity index (χ1n) is 7.55.